The summed E-state index contributed by atoms with van der Waals surface area (Å²) in [5.41, 5.74) is 0.440. The first-order valence-electron chi connectivity index (χ1n) is 5.41. The van der Waals surface area contributed by atoms with Crippen LogP contribution in [-0.2, 0) is 5.60 Å². The van der Waals surface area contributed by atoms with Gasteiger partial charge in [0.15, 0.2) is 11.5 Å². The van der Waals surface area contributed by atoms with E-state index in [1.807, 2.05) is 0 Å². The van der Waals surface area contributed by atoms with Crippen molar-refractivity contribution in [2.45, 2.75) is 19.4 Å². The molecule has 0 bridgehead atoms. The predicted molar refractivity (Wildman–Crippen MR) is 64.1 cm³/mol. The van der Waals surface area contributed by atoms with Gasteiger partial charge in [0, 0.05) is 11.6 Å². The molecule has 0 radical (unpaired) electrons. The fourth-order valence-electron chi connectivity index (χ4n) is 1.55. The zero-order valence-electron chi connectivity index (χ0n) is 10.0. The summed E-state index contributed by atoms with van der Waals surface area (Å²) in [4.78, 5) is 10.7. The minimum absolute atomic E-state index is 0.128. The number of rotatable bonds is 3. The fraction of sp³-hybridized carbons (Fsp3) is 0.231. The number of benzene rings is 1. The molecule has 0 aliphatic carbocycles. The number of aromatic carboxylic acids is 1. The number of aromatic nitrogens is 1. The highest BCUT2D eigenvalue weighted by Gasteiger charge is 2.16. The molecule has 0 atom stereocenters. The van der Waals surface area contributed by atoms with E-state index in [2.05, 4.69) is 5.16 Å². The van der Waals surface area contributed by atoms with Crippen LogP contribution in [0.3, 0.4) is 0 Å². The predicted octanol–water partition coefficient (Wildman–Crippen LogP) is 2.27. The van der Waals surface area contributed by atoms with Gasteiger partial charge in [0.1, 0.15) is 0 Å². The van der Waals surface area contributed by atoms with Crippen LogP contribution < -0.4 is 0 Å². The molecule has 94 valence electrons. The van der Waals surface area contributed by atoms with E-state index in [4.69, 9.17) is 9.63 Å². The van der Waals surface area contributed by atoms with E-state index in [0.29, 0.717) is 11.3 Å². The second-order valence-electron chi connectivity index (χ2n) is 4.52. The first-order valence-corrected chi connectivity index (χ1v) is 5.41. The summed E-state index contributed by atoms with van der Waals surface area (Å²) in [6.07, 6.45) is 0. The molecule has 2 N–H and O–H groups in total. The molecule has 0 fully saturated rings. The number of carbonyl (C=O) groups is 1. The van der Waals surface area contributed by atoms with E-state index in [-0.39, 0.29) is 5.69 Å². The van der Waals surface area contributed by atoms with Gasteiger partial charge in [0.2, 0.25) is 0 Å². The van der Waals surface area contributed by atoms with Gasteiger partial charge >= 0.3 is 5.97 Å². The lowest BCUT2D eigenvalue weighted by molar-refractivity contribution is 0.0685. The third kappa shape index (κ3) is 2.41. The topological polar surface area (TPSA) is 83.6 Å². The zero-order chi connectivity index (χ0) is 13.3. The van der Waals surface area contributed by atoms with E-state index >= 15 is 0 Å². The summed E-state index contributed by atoms with van der Waals surface area (Å²) in [6, 6.07) is 8.39. The third-order valence-electron chi connectivity index (χ3n) is 2.61. The van der Waals surface area contributed by atoms with Gasteiger partial charge in [-0.15, -0.1) is 0 Å². The van der Waals surface area contributed by atoms with Gasteiger partial charge in [-0.1, -0.05) is 29.4 Å². The molecule has 5 nitrogen and oxygen atoms in total. The van der Waals surface area contributed by atoms with Crippen molar-refractivity contribution in [3.05, 3.63) is 41.6 Å². The van der Waals surface area contributed by atoms with Crippen molar-refractivity contribution in [1.29, 1.82) is 0 Å². The highest BCUT2D eigenvalue weighted by atomic mass is 16.5. The van der Waals surface area contributed by atoms with E-state index in [1.54, 1.807) is 38.1 Å². The Balaban J connectivity index is 2.31. The third-order valence-corrected chi connectivity index (χ3v) is 2.61. The highest BCUT2D eigenvalue weighted by molar-refractivity contribution is 5.86. The number of aliphatic hydroxyl groups is 1. The molecule has 5 heteroatoms. The Morgan fingerprint density at radius 2 is 1.89 bits per heavy atom. The molecule has 0 saturated carbocycles. The Morgan fingerprint density at radius 3 is 2.33 bits per heavy atom. The Kier molecular flexibility index (Phi) is 2.92. The number of carboxylic acids is 1. The van der Waals surface area contributed by atoms with Gasteiger partial charge in [-0.2, -0.15) is 0 Å². The standard InChI is InChI=1S/C13H13NO4/c1-13(2,17)9-5-3-8(4-6-9)11-7-10(12(15)16)14-18-11/h3-7,17H,1-2H3,(H,15,16). The van der Waals surface area contributed by atoms with Crippen LogP contribution in [0.5, 0.6) is 0 Å². The zero-order valence-corrected chi connectivity index (χ0v) is 10.0. The Bertz CT molecular complexity index is 563. The Hall–Kier alpha value is -2.14. The van der Waals surface area contributed by atoms with Gasteiger partial charge in [-0.3, -0.25) is 0 Å². The lowest BCUT2D eigenvalue weighted by Crippen LogP contribution is -2.14. The molecule has 0 amide bonds. The number of hydrogen-bond donors (Lipinski definition) is 2. The molecular formula is C13H13NO4. The van der Waals surface area contributed by atoms with Crippen LogP contribution >= 0.6 is 0 Å². The summed E-state index contributed by atoms with van der Waals surface area (Å²) < 4.78 is 4.94. The molecule has 0 aliphatic heterocycles. The molecule has 0 saturated heterocycles. The second kappa shape index (κ2) is 4.27. The molecule has 0 spiro atoms. The Morgan fingerprint density at radius 1 is 1.28 bits per heavy atom. The molecular weight excluding hydrogens is 234 g/mol. The number of carboxylic acid groups (broad SMARTS) is 1. The normalized spacial score (nSPS) is 11.5. The monoisotopic (exact) mass is 247 g/mol. The van der Waals surface area contributed by atoms with Crippen molar-refractivity contribution in [3.63, 3.8) is 0 Å². The summed E-state index contributed by atoms with van der Waals surface area (Å²) >= 11 is 0. The van der Waals surface area contributed by atoms with Crippen molar-refractivity contribution >= 4 is 5.97 Å². The van der Waals surface area contributed by atoms with Crippen molar-refractivity contribution in [3.8, 4) is 11.3 Å². The average molecular weight is 247 g/mol. The smallest absolute Gasteiger partial charge is 0.358 e. The number of nitrogens with zero attached hydrogens (tertiary/aromatic N) is 1. The van der Waals surface area contributed by atoms with Crippen molar-refractivity contribution in [2.24, 2.45) is 0 Å². The van der Waals surface area contributed by atoms with Crippen LogP contribution in [0, 0.1) is 0 Å². The maximum atomic E-state index is 10.7. The summed E-state index contributed by atoms with van der Waals surface area (Å²) in [5, 5.41) is 22.0. The van der Waals surface area contributed by atoms with Gasteiger partial charge in [-0.25, -0.2) is 4.79 Å². The molecule has 1 aromatic heterocycles. The first-order chi connectivity index (χ1) is 8.38. The van der Waals surface area contributed by atoms with Crippen LogP contribution in [-0.4, -0.2) is 21.3 Å². The fourth-order valence-corrected chi connectivity index (χ4v) is 1.55. The summed E-state index contributed by atoms with van der Waals surface area (Å²) in [6.45, 7) is 3.39. The molecule has 18 heavy (non-hydrogen) atoms. The van der Waals surface area contributed by atoms with Crippen molar-refractivity contribution < 1.29 is 19.5 Å². The van der Waals surface area contributed by atoms with Crippen LogP contribution in [0.4, 0.5) is 0 Å². The van der Waals surface area contributed by atoms with Gasteiger partial charge in [-0.05, 0) is 19.4 Å². The van der Waals surface area contributed by atoms with Gasteiger partial charge in [0.25, 0.3) is 0 Å². The minimum atomic E-state index is -1.13. The number of hydrogen-bond acceptors (Lipinski definition) is 4. The lowest BCUT2D eigenvalue weighted by atomic mass is 9.97. The Labute approximate surface area is 104 Å². The largest absolute Gasteiger partial charge is 0.476 e. The first kappa shape index (κ1) is 12.3. The molecule has 1 aromatic carbocycles. The SMILES string of the molecule is CC(C)(O)c1ccc(-c2cc(C(=O)O)no2)cc1. The van der Waals surface area contributed by atoms with E-state index in [1.165, 1.54) is 6.07 Å². The molecule has 2 rings (SSSR count). The second-order valence-corrected chi connectivity index (χ2v) is 4.52. The van der Waals surface area contributed by atoms with Crippen LogP contribution in [0.15, 0.2) is 34.9 Å². The molecule has 0 unspecified atom stereocenters. The van der Waals surface area contributed by atoms with Crippen molar-refractivity contribution in [2.75, 3.05) is 0 Å². The molecule has 0 aliphatic rings. The average Bonchev–Trinajstić information content (AvgIpc) is 2.77. The summed E-state index contributed by atoms with van der Waals surface area (Å²) in [7, 11) is 0. The maximum Gasteiger partial charge on any atom is 0.358 e. The quantitative estimate of drug-likeness (QED) is 0.869. The van der Waals surface area contributed by atoms with E-state index in [0.717, 1.165) is 5.56 Å². The summed E-state index contributed by atoms with van der Waals surface area (Å²) in [5.74, 6) is -0.743. The highest BCUT2D eigenvalue weighted by Crippen LogP contribution is 2.25. The minimum Gasteiger partial charge on any atom is -0.476 e. The van der Waals surface area contributed by atoms with E-state index < -0.39 is 11.6 Å². The van der Waals surface area contributed by atoms with Crippen LogP contribution in [0.2, 0.25) is 0 Å². The van der Waals surface area contributed by atoms with Crippen molar-refractivity contribution in [1.82, 2.24) is 5.16 Å². The molecule has 2 aromatic rings. The van der Waals surface area contributed by atoms with Gasteiger partial charge < -0.3 is 14.7 Å². The molecule has 1 heterocycles. The van der Waals surface area contributed by atoms with Crippen LogP contribution in [0.25, 0.3) is 11.3 Å². The maximum absolute atomic E-state index is 10.7. The van der Waals surface area contributed by atoms with Gasteiger partial charge in [0.05, 0.1) is 5.60 Å². The van der Waals surface area contributed by atoms with E-state index in [9.17, 15) is 9.90 Å². The lowest BCUT2D eigenvalue weighted by Gasteiger charge is -2.17. The van der Waals surface area contributed by atoms with Crippen LogP contribution in [0.1, 0.15) is 29.9 Å².